The maximum absolute atomic E-state index is 10.4. The van der Waals surface area contributed by atoms with Gasteiger partial charge in [-0.2, -0.15) is 0 Å². The lowest BCUT2D eigenvalue weighted by Crippen LogP contribution is -2.58. The molecule has 5 nitrogen and oxygen atoms in total. The largest absolute Gasteiger partial charge is 0.368 e. The van der Waals surface area contributed by atoms with Crippen LogP contribution in [0.3, 0.4) is 0 Å². The number of ether oxygens (including phenoxy) is 4. The van der Waals surface area contributed by atoms with Crippen LogP contribution in [0.25, 0.3) is 0 Å². The summed E-state index contributed by atoms with van der Waals surface area (Å²) in [6, 6.07) is 19.8. The number of hydrogen-bond acceptors (Lipinski definition) is 5. The molecule has 2 heterocycles. The highest BCUT2D eigenvalue weighted by Crippen LogP contribution is 2.37. The van der Waals surface area contributed by atoms with E-state index >= 15 is 0 Å². The Morgan fingerprint density at radius 3 is 2.42 bits per heavy atom. The van der Waals surface area contributed by atoms with E-state index in [9.17, 15) is 5.11 Å². The van der Waals surface area contributed by atoms with Crippen LogP contribution in [-0.4, -0.2) is 36.3 Å². The van der Waals surface area contributed by atoms with Gasteiger partial charge in [-0.3, -0.25) is 0 Å². The lowest BCUT2D eigenvalue weighted by atomic mass is 9.89. The Hall–Kier alpha value is -1.76. The fourth-order valence-electron chi connectivity index (χ4n) is 3.61. The van der Waals surface area contributed by atoms with Crippen LogP contribution < -0.4 is 0 Å². The van der Waals surface area contributed by atoms with E-state index in [1.54, 1.807) is 0 Å². The molecule has 2 saturated heterocycles. The van der Waals surface area contributed by atoms with Gasteiger partial charge in [-0.05, 0) is 5.56 Å². The van der Waals surface area contributed by atoms with E-state index in [0.717, 1.165) is 11.1 Å². The van der Waals surface area contributed by atoms with Crippen molar-refractivity contribution < 1.29 is 24.1 Å². The van der Waals surface area contributed by atoms with Gasteiger partial charge in [-0.1, -0.05) is 67.6 Å². The summed E-state index contributed by atoms with van der Waals surface area (Å²) in [6.45, 7) is 2.84. The molecule has 2 aliphatic rings. The molecule has 4 rings (SSSR count). The van der Waals surface area contributed by atoms with Gasteiger partial charge in [0.1, 0.15) is 12.2 Å². The Balaban J connectivity index is 1.44. The Bertz CT molecular complexity index is 692. The molecule has 5 heteroatoms. The predicted molar refractivity (Wildman–Crippen MR) is 95.1 cm³/mol. The summed E-state index contributed by atoms with van der Waals surface area (Å²) in [5, 5.41) is 10.4. The molecule has 138 valence electrons. The van der Waals surface area contributed by atoms with Crippen LogP contribution >= 0.6 is 0 Å². The molecular weight excluding hydrogens is 332 g/mol. The van der Waals surface area contributed by atoms with Gasteiger partial charge in [0.25, 0.3) is 0 Å². The molecule has 0 bridgehead atoms. The molecule has 0 aromatic heterocycles. The van der Waals surface area contributed by atoms with Gasteiger partial charge in [-0.25, -0.2) is 0 Å². The maximum Gasteiger partial charge on any atom is 0.184 e. The van der Waals surface area contributed by atoms with Crippen molar-refractivity contribution in [3.8, 4) is 0 Å². The fraction of sp³-hybridized carbons (Fsp3) is 0.429. The fourth-order valence-corrected chi connectivity index (χ4v) is 3.61. The highest BCUT2D eigenvalue weighted by atomic mass is 16.7. The molecule has 2 aromatic carbocycles. The van der Waals surface area contributed by atoms with Crippen LogP contribution in [0.4, 0.5) is 0 Å². The summed E-state index contributed by atoms with van der Waals surface area (Å²) in [5.41, 5.74) is 2.04. The molecular formula is C21H24O5. The highest BCUT2D eigenvalue weighted by Gasteiger charge is 2.48. The van der Waals surface area contributed by atoms with Crippen molar-refractivity contribution in [2.24, 2.45) is 5.92 Å². The zero-order valence-electron chi connectivity index (χ0n) is 14.7. The standard InChI is InChI=1S/C21H24O5/c1-14-18-17(13-24-21(26-18)16-10-6-3-7-11-16)25-20(22)19(14)23-12-15-8-4-2-5-9-15/h2-11,14,17-22H,12-13H2,1H3. The molecule has 2 aliphatic heterocycles. The predicted octanol–water partition coefficient (Wildman–Crippen LogP) is 3.04. The number of fused-ring (bicyclic) bond motifs is 1. The third kappa shape index (κ3) is 3.68. The van der Waals surface area contributed by atoms with Crippen LogP contribution in [0.15, 0.2) is 60.7 Å². The molecule has 1 N–H and O–H groups in total. The minimum atomic E-state index is -0.990. The lowest BCUT2D eigenvalue weighted by molar-refractivity contribution is -0.350. The van der Waals surface area contributed by atoms with Crippen molar-refractivity contribution >= 4 is 0 Å². The number of hydrogen-bond donors (Lipinski definition) is 1. The Kier molecular flexibility index (Phi) is 5.33. The molecule has 0 amide bonds. The van der Waals surface area contributed by atoms with Crippen molar-refractivity contribution in [1.82, 2.24) is 0 Å². The number of aliphatic hydroxyl groups is 1. The summed E-state index contributed by atoms with van der Waals surface area (Å²) in [6.07, 6.45) is -2.36. The van der Waals surface area contributed by atoms with Crippen molar-refractivity contribution in [1.29, 1.82) is 0 Å². The van der Waals surface area contributed by atoms with Gasteiger partial charge in [0, 0.05) is 11.5 Å². The van der Waals surface area contributed by atoms with E-state index in [-0.39, 0.29) is 18.1 Å². The van der Waals surface area contributed by atoms with Crippen LogP contribution in [0.2, 0.25) is 0 Å². The second kappa shape index (κ2) is 7.86. The van der Waals surface area contributed by atoms with Gasteiger partial charge in [0.05, 0.1) is 19.3 Å². The Labute approximate surface area is 153 Å². The maximum atomic E-state index is 10.4. The van der Waals surface area contributed by atoms with Crippen molar-refractivity contribution in [3.63, 3.8) is 0 Å². The van der Waals surface area contributed by atoms with E-state index in [1.165, 1.54) is 0 Å². The number of aliphatic hydroxyl groups excluding tert-OH is 1. The Morgan fingerprint density at radius 1 is 1.00 bits per heavy atom. The zero-order chi connectivity index (χ0) is 17.9. The summed E-state index contributed by atoms with van der Waals surface area (Å²) >= 11 is 0. The summed E-state index contributed by atoms with van der Waals surface area (Å²) < 4.78 is 23.7. The van der Waals surface area contributed by atoms with E-state index in [2.05, 4.69) is 0 Å². The quantitative estimate of drug-likeness (QED) is 0.913. The minimum Gasteiger partial charge on any atom is -0.368 e. The molecule has 2 fully saturated rings. The average Bonchev–Trinajstić information content (AvgIpc) is 2.69. The smallest absolute Gasteiger partial charge is 0.184 e. The van der Waals surface area contributed by atoms with Crippen LogP contribution in [0, 0.1) is 5.92 Å². The normalized spacial score (nSPS) is 34.2. The third-order valence-corrected chi connectivity index (χ3v) is 5.05. The number of benzene rings is 2. The van der Waals surface area contributed by atoms with E-state index in [4.69, 9.17) is 18.9 Å². The highest BCUT2D eigenvalue weighted by molar-refractivity contribution is 5.17. The van der Waals surface area contributed by atoms with E-state index < -0.39 is 18.7 Å². The number of rotatable bonds is 4. The first kappa shape index (κ1) is 17.6. The van der Waals surface area contributed by atoms with Crippen LogP contribution in [0.5, 0.6) is 0 Å². The van der Waals surface area contributed by atoms with E-state index in [1.807, 2.05) is 67.6 Å². The van der Waals surface area contributed by atoms with Crippen LogP contribution in [0.1, 0.15) is 24.3 Å². The lowest BCUT2D eigenvalue weighted by Gasteiger charge is -2.47. The van der Waals surface area contributed by atoms with Gasteiger partial charge in [-0.15, -0.1) is 0 Å². The first-order valence-electron chi connectivity index (χ1n) is 9.03. The average molecular weight is 356 g/mol. The van der Waals surface area contributed by atoms with Gasteiger partial charge in [0.15, 0.2) is 12.6 Å². The second-order valence-electron chi connectivity index (χ2n) is 6.86. The molecule has 0 radical (unpaired) electrons. The van der Waals surface area contributed by atoms with Crippen molar-refractivity contribution in [2.75, 3.05) is 6.61 Å². The van der Waals surface area contributed by atoms with Crippen LogP contribution in [-0.2, 0) is 25.6 Å². The second-order valence-corrected chi connectivity index (χ2v) is 6.86. The zero-order valence-corrected chi connectivity index (χ0v) is 14.7. The summed E-state index contributed by atoms with van der Waals surface area (Å²) in [4.78, 5) is 0. The molecule has 0 aliphatic carbocycles. The summed E-state index contributed by atoms with van der Waals surface area (Å²) in [7, 11) is 0. The minimum absolute atomic E-state index is 0.0254. The van der Waals surface area contributed by atoms with Gasteiger partial charge < -0.3 is 24.1 Å². The topological polar surface area (TPSA) is 57.2 Å². The Morgan fingerprint density at radius 2 is 1.69 bits per heavy atom. The monoisotopic (exact) mass is 356 g/mol. The molecule has 2 aromatic rings. The molecule has 0 saturated carbocycles. The van der Waals surface area contributed by atoms with Gasteiger partial charge in [0.2, 0.25) is 0 Å². The van der Waals surface area contributed by atoms with Crippen molar-refractivity contribution in [3.05, 3.63) is 71.8 Å². The first-order valence-corrected chi connectivity index (χ1v) is 9.03. The van der Waals surface area contributed by atoms with Gasteiger partial charge >= 0.3 is 0 Å². The molecule has 6 atom stereocenters. The SMILES string of the molecule is CC1C(OCc2ccccc2)C(O)OC2COC(c3ccccc3)OC21. The van der Waals surface area contributed by atoms with Crippen molar-refractivity contribution in [2.45, 2.75) is 44.4 Å². The molecule has 6 unspecified atom stereocenters. The van der Waals surface area contributed by atoms with E-state index in [0.29, 0.717) is 13.2 Å². The summed E-state index contributed by atoms with van der Waals surface area (Å²) in [5.74, 6) is -0.0254. The first-order chi connectivity index (χ1) is 12.7. The molecule has 0 spiro atoms. The third-order valence-electron chi connectivity index (χ3n) is 5.05. The molecule has 26 heavy (non-hydrogen) atoms.